The van der Waals surface area contributed by atoms with Gasteiger partial charge in [0.1, 0.15) is 4.88 Å². The summed E-state index contributed by atoms with van der Waals surface area (Å²) in [6.07, 6.45) is 0.854. The molecule has 0 spiro atoms. The van der Waals surface area contributed by atoms with Crippen LogP contribution in [0.3, 0.4) is 0 Å². The number of nitrogens with one attached hydrogen (secondary N) is 1. The van der Waals surface area contributed by atoms with Gasteiger partial charge in [-0.25, -0.2) is 4.98 Å². The minimum atomic E-state index is -0.182. The van der Waals surface area contributed by atoms with Crippen LogP contribution in [0.15, 0.2) is 54.6 Å². The van der Waals surface area contributed by atoms with Gasteiger partial charge in [0.05, 0.1) is 5.69 Å². The SMILES string of the molecule is CCc1ccccc1NC(=O)c1sc(N)nc1-c1ccccc1. The second-order valence-electron chi connectivity index (χ2n) is 5.06. The molecule has 0 bridgehead atoms. The van der Waals surface area contributed by atoms with Gasteiger partial charge >= 0.3 is 0 Å². The van der Waals surface area contributed by atoms with Gasteiger partial charge in [-0.2, -0.15) is 0 Å². The molecule has 1 heterocycles. The van der Waals surface area contributed by atoms with Crippen molar-refractivity contribution >= 4 is 28.1 Å². The standard InChI is InChI=1S/C18H17N3OS/c1-2-12-8-6-7-11-14(12)20-17(22)16-15(21-18(19)23-16)13-9-4-3-5-10-13/h3-11H,2H2,1H3,(H2,19,21)(H,20,22). The van der Waals surface area contributed by atoms with Crippen LogP contribution < -0.4 is 11.1 Å². The summed E-state index contributed by atoms with van der Waals surface area (Å²) in [6.45, 7) is 2.06. The van der Waals surface area contributed by atoms with E-state index in [1.807, 2.05) is 54.6 Å². The number of hydrogen-bond donors (Lipinski definition) is 2. The van der Waals surface area contributed by atoms with E-state index in [1.54, 1.807) is 0 Å². The van der Waals surface area contributed by atoms with Gasteiger partial charge in [-0.05, 0) is 18.1 Å². The molecule has 23 heavy (non-hydrogen) atoms. The molecule has 1 aromatic heterocycles. The van der Waals surface area contributed by atoms with Crippen LogP contribution in [0.4, 0.5) is 10.8 Å². The average molecular weight is 323 g/mol. The maximum Gasteiger partial charge on any atom is 0.268 e. The Bertz CT molecular complexity index is 827. The molecule has 0 unspecified atom stereocenters. The molecular formula is C18H17N3OS. The number of benzene rings is 2. The number of nitrogens with two attached hydrogens (primary N) is 1. The Balaban J connectivity index is 1.94. The van der Waals surface area contributed by atoms with E-state index in [1.165, 1.54) is 11.3 Å². The second-order valence-corrected chi connectivity index (χ2v) is 6.09. The molecule has 5 heteroatoms. The summed E-state index contributed by atoms with van der Waals surface area (Å²) in [5.74, 6) is -0.182. The number of carbonyl (C=O) groups excluding carboxylic acids is 1. The van der Waals surface area contributed by atoms with E-state index in [9.17, 15) is 4.79 Å². The van der Waals surface area contributed by atoms with Gasteiger partial charge in [0.2, 0.25) is 0 Å². The van der Waals surface area contributed by atoms with Gasteiger partial charge in [-0.15, -0.1) is 0 Å². The van der Waals surface area contributed by atoms with Crippen molar-refractivity contribution < 1.29 is 4.79 Å². The predicted octanol–water partition coefficient (Wildman–Crippen LogP) is 4.21. The summed E-state index contributed by atoms with van der Waals surface area (Å²) in [4.78, 5) is 17.5. The Kier molecular flexibility index (Phi) is 4.39. The average Bonchev–Trinajstić information content (AvgIpc) is 2.98. The first-order valence-corrected chi connectivity index (χ1v) is 8.21. The van der Waals surface area contributed by atoms with Crippen molar-refractivity contribution in [1.29, 1.82) is 0 Å². The first-order valence-electron chi connectivity index (χ1n) is 7.40. The molecule has 0 aliphatic carbocycles. The topological polar surface area (TPSA) is 68.0 Å². The van der Waals surface area contributed by atoms with Crippen LogP contribution in [-0.2, 0) is 6.42 Å². The van der Waals surface area contributed by atoms with Crippen molar-refractivity contribution in [2.75, 3.05) is 11.1 Å². The maximum absolute atomic E-state index is 12.7. The number of nitrogens with zero attached hydrogens (tertiary/aromatic N) is 1. The number of aromatic nitrogens is 1. The zero-order valence-corrected chi connectivity index (χ0v) is 13.6. The Morgan fingerprint density at radius 2 is 1.83 bits per heavy atom. The van der Waals surface area contributed by atoms with Crippen LogP contribution in [0.25, 0.3) is 11.3 Å². The predicted molar refractivity (Wildman–Crippen MR) is 95.7 cm³/mol. The van der Waals surface area contributed by atoms with Gasteiger partial charge in [0.25, 0.3) is 5.91 Å². The molecule has 0 aliphatic heterocycles. The lowest BCUT2D eigenvalue weighted by molar-refractivity contribution is 0.103. The lowest BCUT2D eigenvalue weighted by atomic mass is 10.1. The van der Waals surface area contributed by atoms with Crippen molar-refractivity contribution in [3.8, 4) is 11.3 Å². The number of thiazole rings is 1. The number of anilines is 2. The minimum absolute atomic E-state index is 0.182. The summed E-state index contributed by atoms with van der Waals surface area (Å²) >= 11 is 1.20. The van der Waals surface area contributed by atoms with Crippen LogP contribution in [0, 0.1) is 0 Å². The number of rotatable bonds is 4. The number of hydrogen-bond acceptors (Lipinski definition) is 4. The van der Waals surface area contributed by atoms with E-state index in [-0.39, 0.29) is 5.91 Å². The molecule has 0 saturated heterocycles. The molecule has 3 aromatic rings. The fourth-order valence-corrected chi connectivity index (χ4v) is 3.16. The molecule has 2 aromatic carbocycles. The van der Waals surface area contributed by atoms with Crippen LogP contribution >= 0.6 is 11.3 Å². The van der Waals surface area contributed by atoms with Gasteiger partial charge in [-0.3, -0.25) is 4.79 Å². The third kappa shape index (κ3) is 3.24. The lowest BCUT2D eigenvalue weighted by Crippen LogP contribution is -2.12. The van der Waals surface area contributed by atoms with Crippen molar-refractivity contribution in [3.05, 3.63) is 65.0 Å². The van der Waals surface area contributed by atoms with Gasteiger partial charge in [0, 0.05) is 11.3 Å². The molecule has 3 rings (SSSR count). The summed E-state index contributed by atoms with van der Waals surface area (Å²) in [6, 6.07) is 17.4. The van der Waals surface area contributed by atoms with Crippen molar-refractivity contribution in [1.82, 2.24) is 4.98 Å². The molecule has 0 fully saturated rings. The second kappa shape index (κ2) is 6.62. The highest BCUT2D eigenvalue weighted by Gasteiger charge is 2.19. The molecule has 0 atom stereocenters. The van der Waals surface area contributed by atoms with Crippen LogP contribution in [0.2, 0.25) is 0 Å². The van der Waals surface area contributed by atoms with E-state index in [2.05, 4.69) is 17.2 Å². The Morgan fingerprint density at radius 3 is 2.57 bits per heavy atom. The Labute approximate surface area is 139 Å². The van der Waals surface area contributed by atoms with Gasteiger partial charge in [0.15, 0.2) is 5.13 Å². The summed E-state index contributed by atoms with van der Waals surface area (Å²) in [5.41, 5.74) is 9.26. The smallest absolute Gasteiger partial charge is 0.268 e. The molecule has 3 N–H and O–H groups in total. The fourth-order valence-electron chi connectivity index (χ4n) is 2.41. The summed E-state index contributed by atoms with van der Waals surface area (Å²) < 4.78 is 0. The number of carbonyl (C=O) groups is 1. The normalized spacial score (nSPS) is 10.5. The molecule has 116 valence electrons. The first-order chi connectivity index (χ1) is 11.2. The molecule has 0 aliphatic rings. The van der Waals surface area contributed by atoms with Gasteiger partial charge < -0.3 is 11.1 Å². The van der Waals surface area contributed by atoms with Crippen molar-refractivity contribution in [2.24, 2.45) is 0 Å². The minimum Gasteiger partial charge on any atom is -0.375 e. The number of amides is 1. The molecular weight excluding hydrogens is 306 g/mol. The Morgan fingerprint density at radius 1 is 1.13 bits per heavy atom. The van der Waals surface area contributed by atoms with E-state index < -0.39 is 0 Å². The first kappa shape index (κ1) is 15.2. The number of para-hydroxylation sites is 1. The molecule has 1 amide bonds. The van der Waals surface area contributed by atoms with Crippen molar-refractivity contribution in [2.45, 2.75) is 13.3 Å². The zero-order valence-electron chi connectivity index (χ0n) is 12.7. The number of nitrogen functional groups attached to an aromatic ring is 1. The quantitative estimate of drug-likeness (QED) is 0.756. The maximum atomic E-state index is 12.7. The highest BCUT2D eigenvalue weighted by molar-refractivity contribution is 7.17. The van der Waals surface area contributed by atoms with E-state index >= 15 is 0 Å². The third-order valence-corrected chi connectivity index (χ3v) is 4.43. The molecule has 0 saturated carbocycles. The van der Waals surface area contributed by atoms with Crippen LogP contribution in [0.1, 0.15) is 22.2 Å². The monoisotopic (exact) mass is 323 g/mol. The Hall–Kier alpha value is -2.66. The lowest BCUT2D eigenvalue weighted by Gasteiger charge is -2.09. The highest BCUT2D eigenvalue weighted by atomic mass is 32.1. The van der Waals surface area contributed by atoms with E-state index in [0.717, 1.165) is 23.2 Å². The third-order valence-electron chi connectivity index (χ3n) is 3.54. The summed E-state index contributed by atoms with van der Waals surface area (Å²) in [5, 5.41) is 3.36. The largest absolute Gasteiger partial charge is 0.375 e. The summed E-state index contributed by atoms with van der Waals surface area (Å²) in [7, 11) is 0. The zero-order chi connectivity index (χ0) is 16.2. The van der Waals surface area contributed by atoms with Crippen LogP contribution in [-0.4, -0.2) is 10.9 Å². The number of aryl methyl sites for hydroxylation is 1. The fraction of sp³-hybridized carbons (Fsp3) is 0.111. The highest BCUT2D eigenvalue weighted by Crippen LogP contribution is 2.30. The van der Waals surface area contributed by atoms with Crippen LogP contribution in [0.5, 0.6) is 0 Å². The molecule has 4 nitrogen and oxygen atoms in total. The van der Waals surface area contributed by atoms with E-state index in [0.29, 0.717) is 15.7 Å². The molecule has 0 radical (unpaired) electrons. The van der Waals surface area contributed by atoms with Crippen molar-refractivity contribution in [3.63, 3.8) is 0 Å². The van der Waals surface area contributed by atoms with E-state index in [4.69, 9.17) is 5.73 Å². The van der Waals surface area contributed by atoms with Gasteiger partial charge in [-0.1, -0.05) is 66.8 Å².